The molecule has 0 N–H and O–H groups in total. The smallest absolute Gasteiger partial charge is 0.272 e. The molecule has 1 saturated heterocycles. The lowest BCUT2D eigenvalue weighted by atomic mass is 9.98. The second-order valence-corrected chi connectivity index (χ2v) is 8.30. The van der Waals surface area contributed by atoms with Crippen LogP contribution in [0.5, 0.6) is 0 Å². The number of imidazole rings is 1. The lowest BCUT2D eigenvalue weighted by Gasteiger charge is -2.32. The molecule has 146 valence electrons. The zero-order valence-electron chi connectivity index (χ0n) is 15.7. The Hall–Kier alpha value is -3.06. The van der Waals surface area contributed by atoms with E-state index in [4.69, 9.17) is 4.98 Å². The van der Waals surface area contributed by atoms with Gasteiger partial charge in [-0.1, -0.05) is 12.1 Å². The maximum atomic E-state index is 13.3. The second kappa shape index (κ2) is 7.40. The summed E-state index contributed by atoms with van der Waals surface area (Å²) in [6.45, 7) is 1.36. The highest BCUT2D eigenvalue weighted by atomic mass is 32.1. The van der Waals surface area contributed by atoms with Crippen molar-refractivity contribution in [3.63, 3.8) is 0 Å². The van der Waals surface area contributed by atoms with Crippen LogP contribution in [0.15, 0.2) is 61.1 Å². The summed E-state index contributed by atoms with van der Waals surface area (Å²) in [5.41, 5.74) is 2.22. The highest BCUT2D eigenvalue weighted by Crippen LogP contribution is 2.33. The van der Waals surface area contributed by atoms with E-state index in [1.54, 1.807) is 40.6 Å². The molecule has 5 nitrogen and oxygen atoms in total. The Morgan fingerprint density at radius 2 is 1.97 bits per heavy atom. The first-order chi connectivity index (χ1) is 14.2. The van der Waals surface area contributed by atoms with Crippen LogP contribution in [0.3, 0.4) is 0 Å². The average Bonchev–Trinajstić information content (AvgIpc) is 3.41. The summed E-state index contributed by atoms with van der Waals surface area (Å²) in [4.78, 5) is 24.1. The molecule has 5 rings (SSSR count). The molecule has 1 fully saturated rings. The van der Waals surface area contributed by atoms with E-state index in [0.29, 0.717) is 17.9 Å². The Bertz CT molecular complexity index is 1130. The van der Waals surface area contributed by atoms with Crippen molar-refractivity contribution >= 4 is 27.5 Å². The Kier molecular flexibility index (Phi) is 4.60. The summed E-state index contributed by atoms with van der Waals surface area (Å²) in [5.74, 6) is -0.124. The normalized spacial score (nSPS) is 17.0. The molecular formula is C22H19FN4OS. The molecule has 0 radical (unpaired) electrons. The number of aromatic nitrogens is 3. The van der Waals surface area contributed by atoms with Crippen LogP contribution in [0.2, 0.25) is 0 Å². The van der Waals surface area contributed by atoms with Crippen LogP contribution in [0.25, 0.3) is 15.9 Å². The Balaban J connectivity index is 1.39. The van der Waals surface area contributed by atoms with Crippen LogP contribution >= 0.6 is 11.3 Å². The number of para-hydroxylation sites is 1. The summed E-state index contributed by atoms with van der Waals surface area (Å²) < 4.78 is 16.1. The standard InChI is InChI=1S/C22H19FN4OS/c23-16-7-9-17(10-8-16)27-14-24-12-19(27)22(28)26-11-3-4-15(13-26)21-25-18-5-1-2-6-20(18)29-21/h1-2,5-10,12,14-15H,3-4,11,13H2. The van der Waals surface area contributed by atoms with E-state index in [0.717, 1.165) is 29.9 Å². The monoisotopic (exact) mass is 406 g/mol. The number of hydrogen-bond donors (Lipinski definition) is 0. The summed E-state index contributed by atoms with van der Waals surface area (Å²) in [6.07, 6.45) is 5.14. The van der Waals surface area contributed by atoms with Gasteiger partial charge in [-0.25, -0.2) is 14.4 Å². The first kappa shape index (κ1) is 18.0. The molecule has 1 aliphatic heterocycles. The van der Waals surface area contributed by atoms with Gasteiger partial charge in [0, 0.05) is 24.7 Å². The third-order valence-corrected chi connectivity index (χ3v) is 6.53. The zero-order valence-corrected chi connectivity index (χ0v) is 16.5. The number of benzene rings is 2. The van der Waals surface area contributed by atoms with Gasteiger partial charge >= 0.3 is 0 Å². The molecule has 0 saturated carbocycles. The number of fused-ring (bicyclic) bond motifs is 1. The molecule has 1 aliphatic rings. The number of carbonyl (C=O) groups excluding carboxylic acids is 1. The largest absolute Gasteiger partial charge is 0.337 e. The summed E-state index contributed by atoms with van der Waals surface area (Å²) >= 11 is 1.71. The van der Waals surface area contributed by atoms with Crippen molar-refractivity contribution in [3.8, 4) is 5.69 Å². The van der Waals surface area contributed by atoms with E-state index < -0.39 is 0 Å². The number of piperidine rings is 1. The van der Waals surface area contributed by atoms with Crippen LogP contribution in [0, 0.1) is 5.82 Å². The number of likely N-dealkylation sites (tertiary alicyclic amines) is 1. The fourth-order valence-corrected chi connectivity index (χ4v) is 4.94. The number of halogens is 1. The van der Waals surface area contributed by atoms with E-state index in [-0.39, 0.29) is 17.6 Å². The molecule has 29 heavy (non-hydrogen) atoms. The van der Waals surface area contributed by atoms with Crippen molar-refractivity contribution in [2.75, 3.05) is 13.1 Å². The van der Waals surface area contributed by atoms with Gasteiger partial charge in [0.15, 0.2) is 0 Å². The van der Waals surface area contributed by atoms with Crippen LogP contribution in [-0.4, -0.2) is 38.4 Å². The van der Waals surface area contributed by atoms with Gasteiger partial charge in [-0.2, -0.15) is 0 Å². The molecular weight excluding hydrogens is 387 g/mol. The van der Waals surface area contributed by atoms with Crippen LogP contribution in [0.4, 0.5) is 4.39 Å². The number of hydrogen-bond acceptors (Lipinski definition) is 4. The lowest BCUT2D eigenvalue weighted by Crippen LogP contribution is -2.39. The van der Waals surface area contributed by atoms with Gasteiger partial charge in [0.05, 0.1) is 27.7 Å². The average molecular weight is 406 g/mol. The van der Waals surface area contributed by atoms with Gasteiger partial charge < -0.3 is 4.90 Å². The fourth-order valence-electron chi connectivity index (χ4n) is 3.85. The Morgan fingerprint density at radius 3 is 2.79 bits per heavy atom. The molecule has 7 heteroatoms. The van der Waals surface area contributed by atoms with E-state index in [2.05, 4.69) is 11.1 Å². The molecule has 2 aromatic carbocycles. The summed E-state index contributed by atoms with van der Waals surface area (Å²) in [6, 6.07) is 14.2. The van der Waals surface area contributed by atoms with Crippen molar-refractivity contribution in [2.24, 2.45) is 0 Å². The number of rotatable bonds is 3. The molecule has 1 atom stereocenters. The molecule has 3 heterocycles. The predicted octanol–water partition coefficient (Wildman–Crippen LogP) is 4.64. The minimum absolute atomic E-state index is 0.0577. The van der Waals surface area contributed by atoms with Gasteiger partial charge in [-0.05, 0) is 49.2 Å². The van der Waals surface area contributed by atoms with Gasteiger partial charge in [0.25, 0.3) is 5.91 Å². The van der Waals surface area contributed by atoms with Gasteiger partial charge in [0.2, 0.25) is 0 Å². The first-order valence-electron chi connectivity index (χ1n) is 9.62. The predicted molar refractivity (Wildman–Crippen MR) is 111 cm³/mol. The fraction of sp³-hybridized carbons (Fsp3) is 0.227. The highest BCUT2D eigenvalue weighted by molar-refractivity contribution is 7.18. The Morgan fingerprint density at radius 1 is 1.14 bits per heavy atom. The van der Waals surface area contributed by atoms with Gasteiger partial charge in [0.1, 0.15) is 11.5 Å². The number of amides is 1. The third-order valence-electron chi connectivity index (χ3n) is 5.33. The van der Waals surface area contributed by atoms with E-state index in [9.17, 15) is 9.18 Å². The second-order valence-electron chi connectivity index (χ2n) is 7.24. The number of thiazole rings is 1. The molecule has 4 aromatic rings. The van der Waals surface area contributed by atoms with Crippen molar-refractivity contribution in [2.45, 2.75) is 18.8 Å². The van der Waals surface area contributed by atoms with Gasteiger partial charge in [-0.3, -0.25) is 9.36 Å². The highest BCUT2D eigenvalue weighted by Gasteiger charge is 2.29. The quantitative estimate of drug-likeness (QED) is 0.498. The first-order valence-corrected chi connectivity index (χ1v) is 10.4. The number of nitrogens with zero attached hydrogens (tertiary/aromatic N) is 4. The molecule has 0 spiro atoms. The van der Waals surface area contributed by atoms with E-state index in [1.807, 2.05) is 23.1 Å². The minimum atomic E-state index is -0.309. The van der Waals surface area contributed by atoms with Crippen LogP contribution < -0.4 is 0 Å². The van der Waals surface area contributed by atoms with E-state index in [1.165, 1.54) is 16.8 Å². The third kappa shape index (κ3) is 3.42. The SMILES string of the molecule is O=C(c1cncn1-c1ccc(F)cc1)N1CCCC(c2nc3ccccc3s2)C1. The zero-order chi connectivity index (χ0) is 19.8. The van der Waals surface area contributed by atoms with Crippen molar-refractivity contribution in [3.05, 3.63) is 77.6 Å². The molecule has 0 bridgehead atoms. The van der Waals surface area contributed by atoms with E-state index >= 15 is 0 Å². The lowest BCUT2D eigenvalue weighted by molar-refractivity contribution is 0.0699. The summed E-state index contributed by atoms with van der Waals surface area (Å²) in [7, 11) is 0. The van der Waals surface area contributed by atoms with Crippen molar-refractivity contribution < 1.29 is 9.18 Å². The maximum absolute atomic E-state index is 13.3. The molecule has 2 aromatic heterocycles. The maximum Gasteiger partial charge on any atom is 0.272 e. The van der Waals surface area contributed by atoms with Crippen molar-refractivity contribution in [1.29, 1.82) is 0 Å². The molecule has 1 amide bonds. The molecule has 0 aliphatic carbocycles. The minimum Gasteiger partial charge on any atom is -0.337 e. The summed E-state index contributed by atoms with van der Waals surface area (Å²) in [5, 5.41) is 1.09. The van der Waals surface area contributed by atoms with Crippen LogP contribution in [-0.2, 0) is 0 Å². The van der Waals surface area contributed by atoms with Gasteiger partial charge in [-0.15, -0.1) is 11.3 Å². The molecule has 1 unspecified atom stereocenters. The van der Waals surface area contributed by atoms with Crippen molar-refractivity contribution in [1.82, 2.24) is 19.4 Å². The Labute approximate surface area is 171 Å². The topological polar surface area (TPSA) is 51.0 Å². The number of carbonyl (C=O) groups is 1. The van der Waals surface area contributed by atoms with Crippen LogP contribution in [0.1, 0.15) is 34.3 Å².